The van der Waals surface area contributed by atoms with Crippen LogP contribution in [0.5, 0.6) is 0 Å². The maximum absolute atomic E-state index is 6.47. The first-order chi connectivity index (χ1) is 10.7. The summed E-state index contributed by atoms with van der Waals surface area (Å²) < 4.78 is 8.68. The van der Waals surface area contributed by atoms with E-state index in [1.54, 1.807) is 0 Å². The Morgan fingerprint density at radius 3 is 1.26 bits per heavy atom. The lowest BCUT2D eigenvalue weighted by molar-refractivity contribution is -0.121. The minimum Gasteiger partial charge on any atom is -0.369 e. The first-order valence-corrected chi connectivity index (χ1v) is 9.43. The van der Waals surface area contributed by atoms with Gasteiger partial charge in [0.25, 0.3) is 0 Å². The average molecular weight is 440 g/mol. The van der Waals surface area contributed by atoms with Crippen molar-refractivity contribution in [3.63, 3.8) is 0 Å². The van der Waals surface area contributed by atoms with Gasteiger partial charge in [0.15, 0.2) is 0 Å². The van der Waals surface area contributed by atoms with Gasteiger partial charge in [-0.1, -0.05) is 56.1 Å². The number of ether oxygens (including phenoxy) is 1. The lowest BCUT2D eigenvalue weighted by Crippen LogP contribution is -2.40. The minimum atomic E-state index is -0.216. The summed E-state index contributed by atoms with van der Waals surface area (Å²) in [5.41, 5.74) is 2.15. The van der Waals surface area contributed by atoms with E-state index >= 15 is 0 Å². The molecule has 124 valence electrons. The molecule has 2 aromatic carbocycles. The summed E-state index contributed by atoms with van der Waals surface area (Å²) in [5, 5.41) is 0. The molecular formula is C20H24Br2O. The van der Waals surface area contributed by atoms with E-state index in [0.29, 0.717) is 0 Å². The van der Waals surface area contributed by atoms with Crippen molar-refractivity contribution < 1.29 is 4.74 Å². The Morgan fingerprint density at radius 2 is 0.957 bits per heavy atom. The molecular weight excluding hydrogens is 416 g/mol. The molecule has 0 fully saturated rings. The van der Waals surface area contributed by atoms with Gasteiger partial charge in [-0.05, 0) is 63.1 Å². The van der Waals surface area contributed by atoms with Crippen LogP contribution in [0.25, 0.3) is 0 Å². The number of hydrogen-bond acceptors (Lipinski definition) is 1. The molecule has 0 saturated heterocycles. The molecule has 0 radical (unpaired) electrons. The molecule has 0 aliphatic heterocycles. The number of hydrogen-bond donors (Lipinski definition) is 0. The van der Waals surface area contributed by atoms with Gasteiger partial charge in [-0.15, -0.1) is 0 Å². The molecule has 2 rings (SSSR count). The molecule has 2 aromatic rings. The third kappa shape index (κ3) is 6.40. The molecule has 23 heavy (non-hydrogen) atoms. The summed E-state index contributed by atoms with van der Waals surface area (Å²) in [6.45, 7) is 8.66. The van der Waals surface area contributed by atoms with Gasteiger partial charge in [-0.3, -0.25) is 0 Å². The fourth-order valence-electron chi connectivity index (χ4n) is 3.01. The highest BCUT2D eigenvalue weighted by Gasteiger charge is 2.29. The SMILES string of the molecule is CC(C)(Cc1ccc(Br)cc1)OC(C)(C)Cc1ccc(Br)cc1. The molecule has 1 nitrogen and oxygen atoms in total. The standard InChI is InChI=1S/C20H24Br2O/c1-19(2,13-15-5-9-17(21)10-6-15)23-20(3,4)14-16-7-11-18(22)12-8-16/h5-12H,13-14H2,1-4H3. The van der Waals surface area contributed by atoms with Crippen molar-refractivity contribution in [3.8, 4) is 0 Å². The van der Waals surface area contributed by atoms with Gasteiger partial charge >= 0.3 is 0 Å². The fourth-order valence-corrected chi connectivity index (χ4v) is 3.54. The van der Waals surface area contributed by atoms with E-state index in [1.165, 1.54) is 11.1 Å². The molecule has 0 N–H and O–H groups in total. The zero-order chi connectivity index (χ0) is 17.1. The zero-order valence-electron chi connectivity index (χ0n) is 14.2. The first kappa shape index (κ1) is 18.7. The van der Waals surface area contributed by atoms with Crippen LogP contribution in [0.2, 0.25) is 0 Å². The lowest BCUT2D eigenvalue weighted by atomic mass is 9.94. The predicted molar refractivity (Wildman–Crippen MR) is 105 cm³/mol. The van der Waals surface area contributed by atoms with E-state index in [0.717, 1.165) is 21.8 Å². The van der Waals surface area contributed by atoms with Crippen LogP contribution in [-0.4, -0.2) is 11.2 Å². The zero-order valence-corrected chi connectivity index (χ0v) is 17.4. The van der Waals surface area contributed by atoms with Gasteiger partial charge in [-0.25, -0.2) is 0 Å². The number of rotatable bonds is 6. The van der Waals surface area contributed by atoms with E-state index < -0.39 is 0 Å². The Kier molecular flexibility index (Phi) is 6.10. The highest BCUT2D eigenvalue weighted by molar-refractivity contribution is 9.10. The maximum atomic E-state index is 6.47. The third-order valence-electron chi connectivity index (χ3n) is 3.64. The number of halogens is 2. The van der Waals surface area contributed by atoms with E-state index in [4.69, 9.17) is 4.74 Å². The summed E-state index contributed by atoms with van der Waals surface area (Å²) in [5.74, 6) is 0. The van der Waals surface area contributed by atoms with Crippen molar-refractivity contribution >= 4 is 31.9 Å². The highest BCUT2D eigenvalue weighted by atomic mass is 79.9. The average Bonchev–Trinajstić information content (AvgIpc) is 2.42. The van der Waals surface area contributed by atoms with Crippen molar-refractivity contribution in [1.82, 2.24) is 0 Å². The number of benzene rings is 2. The third-order valence-corrected chi connectivity index (χ3v) is 4.70. The van der Waals surface area contributed by atoms with E-state index in [9.17, 15) is 0 Å². The van der Waals surface area contributed by atoms with Crippen LogP contribution in [0.4, 0.5) is 0 Å². The normalized spacial score (nSPS) is 12.4. The van der Waals surface area contributed by atoms with Crippen LogP contribution < -0.4 is 0 Å². The second-order valence-corrected chi connectivity index (χ2v) is 9.06. The van der Waals surface area contributed by atoms with E-state index in [-0.39, 0.29) is 11.2 Å². The second-order valence-electron chi connectivity index (χ2n) is 7.23. The summed E-state index contributed by atoms with van der Waals surface area (Å²) in [6, 6.07) is 16.9. The Labute approximate surface area is 156 Å². The van der Waals surface area contributed by atoms with Crippen molar-refractivity contribution in [1.29, 1.82) is 0 Å². The topological polar surface area (TPSA) is 9.23 Å². The molecule has 0 heterocycles. The van der Waals surface area contributed by atoms with Crippen molar-refractivity contribution in [2.24, 2.45) is 0 Å². The molecule has 0 bridgehead atoms. The Hall–Kier alpha value is -0.640. The Morgan fingerprint density at radius 1 is 0.652 bits per heavy atom. The van der Waals surface area contributed by atoms with Gasteiger partial charge in [0.2, 0.25) is 0 Å². The first-order valence-electron chi connectivity index (χ1n) is 7.84. The highest BCUT2D eigenvalue weighted by Crippen LogP contribution is 2.28. The van der Waals surface area contributed by atoms with E-state index in [1.807, 2.05) is 0 Å². The molecule has 0 aromatic heterocycles. The monoisotopic (exact) mass is 438 g/mol. The molecule has 0 spiro atoms. The Bertz CT molecular complexity index is 570. The van der Waals surface area contributed by atoms with Gasteiger partial charge in [0, 0.05) is 21.8 Å². The predicted octanol–water partition coefficient (Wildman–Crippen LogP) is 6.57. The Balaban J connectivity index is 2.02. The molecule has 0 unspecified atom stereocenters. The summed E-state index contributed by atoms with van der Waals surface area (Å²) >= 11 is 6.96. The van der Waals surface area contributed by atoms with Crippen molar-refractivity contribution in [2.45, 2.75) is 51.7 Å². The smallest absolute Gasteiger partial charge is 0.0674 e. The van der Waals surface area contributed by atoms with Gasteiger partial charge in [0.05, 0.1) is 11.2 Å². The molecule has 0 saturated carbocycles. The van der Waals surface area contributed by atoms with E-state index in [2.05, 4.69) is 108 Å². The van der Waals surface area contributed by atoms with Crippen LogP contribution in [0, 0.1) is 0 Å². The summed E-state index contributed by atoms with van der Waals surface area (Å²) in [7, 11) is 0. The summed E-state index contributed by atoms with van der Waals surface area (Å²) in [4.78, 5) is 0. The molecule has 0 aliphatic rings. The van der Waals surface area contributed by atoms with Gasteiger partial charge in [0.1, 0.15) is 0 Å². The van der Waals surface area contributed by atoms with Crippen LogP contribution in [0.3, 0.4) is 0 Å². The van der Waals surface area contributed by atoms with Gasteiger partial charge < -0.3 is 4.74 Å². The van der Waals surface area contributed by atoms with Crippen LogP contribution in [0.15, 0.2) is 57.5 Å². The van der Waals surface area contributed by atoms with Crippen molar-refractivity contribution in [2.75, 3.05) is 0 Å². The fraction of sp³-hybridized carbons (Fsp3) is 0.400. The molecule has 3 heteroatoms. The molecule has 0 atom stereocenters. The molecule has 0 amide bonds. The minimum absolute atomic E-state index is 0.216. The second kappa shape index (κ2) is 7.50. The van der Waals surface area contributed by atoms with Crippen LogP contribution >= 0.6 is 31.9 Å². The van der Waals surface area contributed by atoms with Crippen molar-refractivity contribution in [3.05, 3.63) is 68.6 Å². The lowest BCUT2D eigenvalue weighted by Gasteiger charge is -2.36. The summed E-state index contributed by atoms with van der Waals surface area (Å²) in [6.07, 6.45) is 1.79. The van der Waals surface area contributed by atoms with Gasteiger partial charge in [-0.2, -0.15) is 0 Å². The maximum Gasteiger partial charge on any atom is 0.0674 e. The molecule has 0 aliphatic carbocycles. The quantitative estimate of drug-likeness (QED) is 0.494. The largest absolute Gasteiger partial charge is 0.369 e. The van der Waals surface area contributed by atoms with Crippen LogP contribution in [-0.2, 0) is 17.6 Å². The van der Waals surface area contributed by atoms with Crippen LogP contribution in [0.1, 0.15) is 38.8 Å².